The first-order valence-corrected chi connectivity index (χ1v) is 12.7. The molecule has 6 heteroatoms. The summed E-state index contributed by atoms with van der Waals surface area (Å²) in [7, 11) is 0. The van der Waals surface area contributed by atoms with Crippen LogP contribution >= 0.6 is 0 Å². The third kappa shape index (κ3) is 6.80. The van der Waals surface area contributed by atoms with E-state index in [1.54, 1.807) is 0 Å². The zero-order chi connectivity index (χ0) is 23.1. The van der Waals surface area contributed by atoms with E-state index in [-0.39, 0.29) is 29.1 Å². The molecule has 2 aliphatic carbocycles. The van der Waals surface area contributed by atoms with Gasteiger partial charge in [0.1, 0.15) is 6.61 Å². The molecule has 0 spiro atoms. The SMILES string of the molecule is CC1(COCCOC(=O)C2CCC(C3CCC(C(=O)Nc4ccccc4)CC3)CC2)COC1. The molecular weight excluding hydrogens is 418 g/mol. The van der Waals surface area contributed by atoms with Crippen LogP contribution in [0.3, 0.4) is 0 Å². The Morgan fingerprint density at radius 1 is 0.909 bits per heavy atom. The van der Waals surface area contributed by atoms with Crippen molar-refractivity contribution in [1.82, 2.24) is 0 Å². The van der Waals surface area contributed by atoms with Crippen molar-refractivity contribution in [2.24, 2.45) is 29.1 Å². The highest BCUT2D eigenvalue weighted by Crippen LogP contribution is 2.41. The summed E-state index contributed by atoms with van der Waals surface area (Å²) in [5, 5.41) is 3.06. The number of rotatable bonds is 9. The number of esters is 1. The molecule has 1 aromatic carbocycles. The van der Waals surface area contributed by atoms with Crippen molar-refractivity contribution in [3.63, 3.8) is 0 Å². The maximum absolute atomic E-state index is 12.6. The summed E-state index contributed by atoms with van der Waals surface area (Å²) >= 11 is 0. The topological polar surface area (TPSA) is 73.9 Å². The highest BCUT2D eigenvalue weighted by molar-refractivity contribution is 5.92. The van der Waals surface area contributed by atoms with Gasteiger partial charge in [0.05, 0.1) is 32.3 Å². The van der Waals surface area contributed by atoms with E-state index in [0.29, 0.717) is 31.7 Å². The van der Waals surface area contributed by atoms with Crippen LogP contribution in [0.4, 0.5) is 5.69 Å². The van der Waals surface area contributed by atoms with Gasteiger partial charge in [0, 0.05) is 17.0 Å². The van der Waals surface area contributed by atoms with Gasteiger partial charge >= 0.3 is 5.97 Å². The second-order valence-corrected chi connectivity index (χ2v) is 10.6. The average molecular weight is 458 g/mol. The fourth-order valence-corrected chi connectivity index (χ4v) is 5.62. The van der Waals surface area contributed by atoms with E-state index in [2.05, 4.69) is 12.2 Å². The Morgan fingerprint density at radius 3 is 2.09 bits per heavy atom. The third-order valence-corrected chi connectivity index (χ3v) is 7.78. The minimum atomic E-state index is -0.0588. The number of nitrogens with one attached hydrogen (secondary N) is 1. The van der Waals surface area contributed by atoms with E-state index in [0.717, 1.165) is 70.3 Å². The van der Waals surface area contributed by atoms with Crippen LogP contribution in [0.25, 0.3) is 0 Å². The Labute approximate surface area is 197 Å². The highest BCUT2D eigenvalue weighted by atomic mass is 16.6. The first kappa shape index (κ1) is 24.2. The van der Waals surface area contributed by atoms with Gasteiger partial charge in [-0.15, -0.1) is 0 Å². The van der Waals surface area contributed by atoms with E-state index in [4.69, 9.17) is 14.2 Å². The second kappa shape index (κ2) is 11.5. The first-order valence-electron chi connectivity index (χ1n) is 12.7. The molecule has 6 nitrogen and oxygen atoms in total. The summed E-state index contributed by atoms with van der Waals surface area (Å²) < 4.78 is 16.3. The standard InChI is InChI=1S/C27H39NO5/c1-27(18-32-19-27)17-31-15-16-33-26(30)23-13-9-21(10-14-23)20-7-11-22(12-8-20)25(29)28-24-5-3-2-4-6-24/h2-6,20-23H,7-19H2,1H3,(H,28,29). The molecule has 4 rings (SSSR count). The maximum atomic E-state index is 12.6. The Morgan fingerprint density at radius 2 is 1.52 bits per heavy atom. The fourth-order valence-electron chi connectivity index (χ4n) is 5.62. The molecule has 0 bridgehead atoms. The summed E-state index contributed by atoms with van der Waals surface area (Å²) in [6, 6.07) is 9.71. The number of ether oxygens (including phenoxy) is 3. The molecular formula is C27H39NO5. The van der Waals surface area contributed by atoms with Crippen LogP contribution in [-0.4, -0.2) is 44.9 Å². The van der Waals surface area contributed by atoms with Gasteiger partial charge in [0.15, 0.2) is 0 Å². The molecule has 33 heavy (non-hydrogen) atoms. The van der Waals surface area contributed by atoms with E-state index in [9.17, 15) is 9.59 Å². The Balaban J connectivity index is 1.09. The van der Waals surface area contributed by atoms with Crippen molar-refractivity contribution in [3.8, 4) is 0 Å². The van der Waals surface area contributed by atoms with Gasteiger partial charge in [-0.3, -0.25) is 9.59 Å². The van der Waals surface area contributed by atoms with Crippen LogP contribution in [0, 0.1) is 29.1 Å². The minimum absolute atomic E-state index is 0.0341. The quantitative estimate of drug-likeness (QED) is 0.425. The first-order chi connectivity index (χ1) is 16.0. The van der Waals surface area contributed by atoms with E-state index in [1.807, 2.05) is 30.3 Å². The summed E-state index contributed by atoms with van der Waals surface area (Å²) in [5.41, 5.74) is 1.01. The lowest BCUT2D eigenvalue weighted by Crippen LogP contribution is -2.43. The third-order valence-electron chi connectivity index (χ3n) is 7.78. The molecule has 1 saturated heterocycles. The normalized spacial score (nSPS) is 29.0. The van der Waals surface area contributed by atoms with Crippen molar-refractivity contribution in [2.75, 3.05) is 38.4 Å². The van der Waals surface area contributed by atoms with Gasteiger partial charge in [0.25, 0.3) is 0 Å². The Bertz CT molecular complexity index is 762. The molecule has 1 heterocycles. The number of anilines is 1. The number of carbonyl (C=O) groups is 2. The molecule has 0 radical (unpaired) electrons. The molecule has 1 amide bonds. The summed E-state index contributed by atoms with van der Waals surface area (Å²) in [4.78, 5) is 25.0. The van der Waals surface area contributed by atoms with Crippen molar-refractivity contribution in [1.29, 1.82) is 0 Å². The molecule has 1 aromatic rings. The van der Waals surface area contributed by atoms with E-state index in [1.165, 1.54) is 0 Å². The molecule has 0 atom stereocenters. The van der Waals surface area contributed by atoms with Crippen molar-refractivity contribution in [3.05, 3.63) is 30.3 Å². The van der Waals surface area contributed by atoms with Gasteiger partial charge in [-0.25, -0.2) is 0 Å². The van der Waals surface area contributed by atoms with Gasteiger partial charge in [-0.05, 0) is 75.3 Å². The molecule has 3 aliphatic rings. The summed E-state index contributed by atoms with van der Waals surface area (Å²) in [6.07, 6.45) is 8.22. The van der Waals surface area contributed by atoms with Crippen molar-refractivity contribution < 1.29 is 23.8 Å². The van der Waals surface area contributed by atoms with Crippen LogP contribution in [0.2, 0.25) is 0 Å². The van der Waals surface area contributed by atoms with Gasteiger partial charge in [-0.2, -0.15) is 0 Å². The predicted molar refractivity (Wildman–Crippen MR) is 127 cm³/mol. The Hall–Kier alpha value is -1.92. The zero-order valence-corrected chi connectivity index (χ0v) is 19.9. The van der Waals surface area contributed by atoms with E-state index >= 15 is 0 Å². The highest BCUT2D eigenvalue weighted by Gasteiger charge is 2.35. The van der Waals surface area contributed by atoms with Gasteiger partial charge in [-0.1, -0.05) is 25.1 Å². The lowest BCUT2D eigenvalue weighted by Gasteiger charge is -2.37. The average Bonchev–Trinajstić information content (AvgIpc) is 2.83. The van der Waals surface area contributed by atoms with Crippen LogP contribution in [-0.2, 0) is 23.8 Å². The number of carbonyl (C=O) groups excluding carboxylic acids is 2. The summed E-state index contributed by atoms with van der Waals surface area (Å²) in [6.45, 7) is 5.10. The lowest BCUT2D eigenvalue weighted by molar-refractivity contribution is -0.156. The number of para-hydroxylation sites is 1. The van der Waals surface area contributed by atoms with Gasteiger partial charge in [0.2, 0.25) is 5.91 Å². The minimum Gasteiger partial charge on any atom is -0.463 e. The number of hydrogen-bond acceptors (Lipinski definition) is 5. The monoisotopic (exact) mass is 457 g/mol. The molecule has 0 aromatic heterocycles. The fraction of sp³-hybridized carbons (Fsp3) is 0.704. The molecule has 1 N–H and O–H groups in total. The number of benzene rings is 1. The molecule has 3 fully saturated rings. The number of amides is 1. The zero-order valence-electron chi connectivity index (χ0n) is 19.9. The predicted octanol–water partition coefficient (Wildman–Crippen LogP) is 4.83. The summed E-state index contributed by atoms with van der Waals surface area (Å²) in [5.74, 6) is 1.62. The second-order valence-electron chi connectivity index (χ2n) is 10.6. The number of hydrogen-bond donors (Lipinski definition) is 1. The van der Waals surface area contributed by atoms with Crippen LogP contribution in [0.15, 0.2) is 30.3 Å². The van der Waals surface area contributed by atoms with Crippen LogP contribution < -0.4 is 5.32 Å². The van der Waals surface area contributed by atoms with Crippen molar-refractivity contribution >= 4 is 17.6 Å². The van der Waals surface area contributed by atoms with Gasteiger partial charge < -0.3 is 19.5 Å². The molecule has 182 valence electrons. The molecule has 0 unspecified atom stereocenters. The molecule has 2 saturated carbocycles. The van der Waals surface area contributed by atoms with Crippen LogP contribution in [0.1, 0.15) is 58.3 Å². The maximum Gasteiger partial charge on any atom is 0.309 e. The largest absolute Gasteiger partial charge is 0.463 e. The lowest BCUT2D eigenvalue weighted by atomic mass is 9.69. The smallest absolute Gasteiger partial charge is 0.309 e. The Kier molecular flexibility index (Phi) is 8.42. The van der Waals surface area contributed by atoms with Crippen molar-refractivity contribution in [2.45, 2.75) is 58.3 Å². The van der Waals surface area contributed by atoms with E-state index < -0.39 is 0 Å². The van der Waals surface area contributed by atoms with Crippen LogP contribution in [0.5, 0.6) is 0 Å². The molecule has 1 aliphatic heterocycles.